The predicted molar refractivity (Wildman–Crippen MR) is 76.9 cm³/mol. The summed E-state index contributed by atoms with van der Waals surface area (Å²) in [6.07, 6.45) is 1.26. The zero-order valence-electron chi connectivity index (χ0n) is 11.5. The van der Waals surface area contributed by atoms with Crippen LogP contribution in [0.5, 0.6) is 0 Å². The summed E-state index contributed by atoms with van der Waals surface area (Å²) < 4.78 is 11.0. The minimum Gasteiger partial charge on any atom is -0.397 e. The molecule has 1 fully saturated rings. The Balaban J connectivity index is 1.75. The van der Waals surface area contributed by atoms with Crippen LogP contribution >= 0.6 is 0 Å². The number of fused-ring (bicyclic) bond motifs is 1. The van der Waals surface area contributed by atoms with Crippen LogP contribution in [0.1, 0.15) is 12.0 Å². The van der Waals surface area contributed by atoms with Crippen LogP contribution in [-0.4, -0.2) is 38.4 Å². The molecule has 0 bridgehead atoms. The molecule has 0 aliphatic carbocycles. The second kappa shape index (κ2) is 4.96. The van der Waals surface area contributed by atoms with Crippen molar-refractivity contribution >= 4 is 23.0 Å². The van der Waals surface area contributed by atoms with Crippen molar-refractivity contribution in [2.24, 2.45) is 0 Å². The number of carbonyl (C=O) groups excluding carboxylic acids is 1. The number of hydrogen-bond acceptors (Lipinski definition) is 5. The van der Waals surface area contributed by atoms with Gasteiger partial charge in [0.15, 0.2) is 0 Å². The van der Waals surface area contributed by atoms with Gasteiger partial charge in [-0.05, 0) is 17.7 Å². The average Bonchev–Trinajstić information content (AvgIpc) is 3.02. The third kappa shape index (κ3) is 2.32. The Morgan fingerprint density at radius 2 is 2.40 bits per heavy atom. The maximum atomic E-state index is 11.4. The molecule has 1 amide bonds. The van der Waals surface area contributed by atoms with E-state index in [1.165, 1.54) is 0 Å². The van der Waals surface area contributed by atoms with E-state index in [9.17, 15) is 4.79 Å². The number of nitrogens with one attached hydrogen (secondary N) is 2. The Kier molecular flexibility index (Phi) is 3.27. The van der Waals surface area contributed by atoms with Gasteiger partial charge < -0.3 is 25.8 Å². The molecule has 2 aliphatic heterocycles. The third-order valence-electron chi connectivity index (χ3n) is 4.00. The Morgan fingerprint density at radius 1 is 1.55 bits per heavy atom. The van der Waals surface area contributed by atoms with Crippen LogP contribution in [-0.2, 0) is 20.7 Å². The maximum absolute atomic E-state index is 11.4. The number of methoxy groups -OCH3 is 1. The molecule has 1 atom stereocenters. The van der Waals surface area contributed by atoms with Gasteiger partial charge in [0, 0.05) is 32.4 Å². The van der Waals surface area contributed by atoms with E-state index in [-0.39, 0.29) is 11.5 Å². The molecule has 3 rings (SSSR count). The highest BCUT2D eigenvalue weighted by Gasteiger charge is 2.35. The van der Waals surface area contributed by atoms with Gasteiger partial charge in [-0.2, -0.15) is 0 Å². The molecule has 0 spiro atoms. The SMILES string of the molecule is COC1(CNc2cc3c(cc2N)CC(=O)N3)CCOC1. The normalized spacial score (nSPS) is 24.6. The van der Waals surface area contributed by atoms with E-state index in [1.807, 2.05) is 12.1 Å². The van der Waals surface area contributed by atoms with Crippen molar-refractivity contribution in [1.82, 2.24) is 0 Å². The fraction of sp³-hybridized carbons (Fsp3) is 0.500. The van der Waals surface area contributed by atoms with E-state index in [1.54, 1.807) is 7.11 Å². The molecule has 1 saturated heterocycles. The Hall–Kier alpha value is -1.79. The fourth-order valence-electron chi connectivity index (χ4n) is 2.66. The van der Waals surface area contributed by atoms with Gasteiger partial charge in [0.2, 0.25) is 5.91 Å². The van der Waals surface area contributed by atoms with E-state index in [4.69, 9.17) is 15.2 Å². The number of nitrogen functional groups attached to an aromatic ring is 1. The summed E-state index contributed by atoms with van der Waals surface area (Å²) >= 11 is 0. The fourth-order valence-corrected chi connectivity index (χ4v) is 2.66. The van der Waals surface area contributed by atoms with Gasteiger partial charge in [-0.15, -0.1) is 0 Å². The van der Waals surface area contributed by atoms with Crippen molar-refractivity contribution in [2.75, 3.05) is 43.2 Å². The highest BCUT2D eigenvalue weighted by molar-refractivity contribution is 6.00. The number of benzene rings is 1. The number of amides is 1. The van der Waals surface area contributed by atoms with Crippen LogP contribution in [0.15, 0.2) is 12.1 Å². The predicted octanol–water partition coefficient (Wildman–Crippen LogP) is 0.981. The minimum atomic E-state index is -0.297. The molecule has 4 N–H and O–H groups in total. The summed E-state index contributed by atoms with van der Waals surface area (Å²) in [6, 6.07) is 3.73. The van der Waals surface area contributed by atoms with E-state index in [2.05, 4.69) is 10.6 Å². The lowest BCUT2D eigenvalue weighted by molar-refractivity contribution is -0.115. The van der Waals surface area contributed by atoms with Gasteiger partial charge in [0.1, 0.15) is 5.60 Å². The third-order valence-corrected chi connectivity index (χ3v) is 4.00. The first-order chi connectivity index (χ1) is 9.62. The average molecular weight is 277 g/mol. The first-order valence-corrected chi connectivity index (χ1v) is 6.71. The van der Waals surface area contributed by atoms with Crippen molar-refractivity contribution in [3.63, 3.8) is 0 Å². The molecular weight excluding hydrogens is 258 g/mol. The monoisotopic (exact) mass is 277 g/mol. The maximum Gasteiger partial charge on any atom is 0.228 e. The molecule has 2 heterocycles. The molecule has 0 saturated carbocycles. The first kappa shape index (κ1) is 13.2. The van der Waals surface area contributed by atoms with Crippen molar-refractivity contribution in [2.45, 2.75) is 18.4 Å². The van der Waals surface area contributed by atoms with E-state index in [0.29, 0.717) is 31.9 Å². The van der Waals surface area contributed by atoms with Gasteiger partial charge >= 0.3 is 0 Å². The van der Waals surface area contributed by atoms with Crippen LogP contribution in [0, 0.1) is 0 Å². The standard InChI is InChI=1S/C14H19N3O3/c1-19-14(2-3-20-8-14)7-16-12-6-11-9(4-10(12)15)5-13(18)17-11/h4,6,16H,2-3,5,7-8,15H2,1H3,(H,17,18). The second-order valence-corrected chi connectivity index (χ2v) is 5.36. The van der Waals surface area contributed by atoms with Crippen LogP contribution in [0.25, 0.3) is 0 Å². The summed E-state index contributed by atoms with van der Waals surface area (Å²) in [6.45, 7) is 1.92. The molecule has 6 heteroatoms. The van der Waals surface area contributed by atoms with Crippen molar-refractivity contribution in [1.29, 1.82) is 0 Å². The van der Waals surface area contributed by atoms with Crippen molar-refractivity contribution in [3.05, 3.63) is 17.7 Å². The van der Waals surface area contributed by atoms with Crippen LogP contribution in [0.2, 0.25) is 0 Å². The largest absolute Gasteiger partial charge is 0.397 e. The molecule has 20 heavy (non-hydrogen) atoms. The molecule has 1 aromatic rings. The summed E-state index contributed by atoms with van der Waals surface area (Å²) in [5, 5.41) is 6.14. The molecule has 6 nitrogen and oxygen atoms in total. The molecule has 2 aliphatic rings. The Labute approximate surface area is 117 Å². The lowest BCUT2D eigenvalue weighted by atomic mass is 10.0. The van der Waals surface area contributed by atoms with Crippen LogP contribution in [0.4, 0.5) is 17.1 Å². The lowest BCUT2D eigenvalue weighted by Gasteiger charge is -2.27. The van der Waals surface area contributed by atoms with Crippen LogP contribution in [0.3, 0.4) is 0 Å². The highest BCUT2D eigenvalue weighted by atomic mass is 16.5. The summed E-state index contributed by atoms with van der Waals surface area (Å²) in [5.41, 5.74) is 8.98. The Morgan fingerprint density at radius 3 is 3.10 bits per heavy atom. The van der Waals surface area contributed by atoms with E-state index < -0.39 is 0 Å². The highest BCUT2D eigenvalue weighted by Crippen LogP contribution is 2.32. The molecule has 0 aromatic heterocycles. The molecule has 108 valence electrons. The zero-order valence-corrected chi connectivity index (χ0v) is 11.5. The van der Waals surface area contributed by atoms with E-state index >= 15 is 0 Å². The van der Waals surface area contributed by atoms with Gasteiger partial charge in [-0.3, -0.25) is 4.79 Å². The number of ether oxygens (including phenoxy) is 2. The van der Waals surface area contributed by atoms with Gasteiger partial charge in [0.05, 0.1) is 24.4 Å². The second-order valence-electron chi connectivity index (χ2n) is 5.36. The van der Waals surface area contributed by atoms with Crippen LogP contribution < -0.4 is 16.4 Å². The first-order valence-electron chi connectivity index (χ1n) is 6.71. The van der Waals surface area contributed by atoms with Crippen molar-refractivity contribution in [3.8, 4) is 0 Å². The number of hydrogen-bond donors (Lipinski definition) is 3. The number of carbonyl (C=O) groups is 1. The Bertz CT molecular complexity index is 539. The summed E-state index contributed by atoms with van der Waals surface area (Å²) in [5.74, 6) is 0.00843. The van der Waals surface area contributed by atoms with Gasteiger partial charge in [-0.25, -0.2) is 0 Å². The molecule has 1 unspecified atom stereocenters. The number of anilines is 3. The molecule has 0 radical (unpaired) electrons. The smallest absolute Gasteiger partial charge is 0.228 e. The van der Waals surface area contributed by atoms with E-state index in [0.717, 1.165) is 23.4 Å². The van der Waals surface area contributed by atoms with Gasteiger partial charge in [0.25, 0.3) is 0 Å². The number of rotatable bonds is 4. The number of nitrogens with two attached hydrogens (primary N) is 1. The molecule has 1 aromatic carbocycles. The zero-order chi connectivity index (χ0) is 14.2. The summed E-state index contributed by atoms with van der Waals surface area (Å²) in [4.78, 5) is 11.4. The quantitative estimate of drug-likeness (QED) is 0.714. The summed E-state index contributed by atoms with van der Waals surface area (Å²) in [7, 11) is 1.70. The van der Waals surface area contributed by atoms with Gasteiger partial charge in [-0.1, -0.05) is 0 Å². The van der Waals surface area contributed by atoms with Crippen molar-refractivity contribution < 1.29 is 14.3 Å². The topological polar surface area (TPSA) is 85.6 Å². The lowest BCUT2D eigenvalue weighted by Crippen LogP contribution is -2.39. The minimum absolute atomic E-state index is 0.00843. The molecular formula is C14H19N3O3.